The Balaban J connectivity index is 1.09. The summed E-state index contributed by atoms with van der Waals surface area (Å²) in [5.41, 5.74) is 2.51. The normalized spacial score (nSPS) is 18.8. The Kier molecular flexibility index (Phi) is 7.96. The first-order valence-electron chi connectivity index (χ1n) is 12.7. The summed E-state index contributed by atoms with van der Waals surface area (Å²) in [4.78, 5) is 9.55. The van der Waals surface area contributed by atoms with Gasteiger partial charge in [0.2, 0.25) is 10.0 Å². The van der Waals surface area contributed by atoms with Crippen LogP contribution in [0.25, 0.3) is 0 Å². The van der Waals surface area contributed by atoms with Crippen LogP contribution in [-0.4, -0.2) is 72.9 Å². The molecule has 0 bridgehead atoms. The molecule has 0 unspecified atom stereocenters. The molecule has 0 N–H and O–H groups in total. The highest BCUT2D eigenvalue weighted by Gasteiger charge is 2.30. The highest BCUT2D eigenvalue weighted by Crippen LogP contribution is 2.25. The number of rotatable bonds is 8. The van der Waals surface area contributed by atoms with Gasteiger partial charge in [-0.15, -0.1) is 0 Å². The van der Waals surface area contributed by atoms with E-state index in [0.29, 0.717) is 30.8 Å². The Labute approximate surface area is 214 Å². The Morgan fingerprint density at radius 2 is 1.44 bits per heavy atom. The van der Waals surface area contributed by atoms with Crippen LogP contribution in [0.5, 0.6) is 5.75 Å². The van der Waals surface area contributed by atoms with Gasteiger partial charge in [-0.1, -0.05) is 36.4 Å². The van der Waals surface area contributed by atoms with Gasteiger partial charge >= 0.3 is 0 Å². The summed E-state index contributed by atoms with van der Waals surface area (Å²) in [5.74, 6) is 0.868. The molecule has 0 spiro atoms. The van der Waals surface area contributed by atoms with Gasteiger partial charge in [-0.3, -0.25) is 14.8 Å². The second-order valence-electron chi connectivity index (χ2n) is 9.60. The van der Waals surface area contributed by atoms with Gasteiger partial charge in [-0.25, -0.2) is 8.42 Å². The summed E-state index contributed by atoms with van der Waals surface area (Å²) in [6.45, 7) is 7.00. The number of hydrogen-bond donors (Lipinski definition) is 0. The summed E-state index contributed by atoms with van der Waals surface area (Å²) in [5, 5.41) is 0. The summed E-state index contributed by atoms with van der Waals surface area (Å²) in [6.07, 6.45) is 5.17. The number of nitrogens with zero attached hydrogens (tertiary/aromatic N) is 4. The fourth-order valence-corrected chi connectivity index (χ4v) is 6.45. The third kappa shape index (κ3) is 6.31. The number of piperidine rings is 1. The highest BCUT2D eigenvalue weighted by molar-refractivity contribution is 7.89. The maximum absolute atomic E-state index is 12.9. The molecule has 1 aromatic heterocycles. The van der Waals surface area contributed by atoms with Gasteiger partial charge in [0, 0.05) is 64.8 Å². The molecule has 2 aliphatic heterocycles. The quantitative estimate of drug-likeness (QED) is 0.465. The summed E-state index contributed by atoms with van der Waals surface area (Å²) in [7, 11) is -3.44. The molecule has 3 heterocycles. The Hall–Kier alpha value is -2.78. The number of piperazine rings is 1. The van der Waals surface area contributed by atoms with Gasteiger partial charge in [0.1, 0.15) is 11.9 Å². The maximum Gasteiger partial charge on any atom is 0.243 e. The molecular weight excluding hydrogens is 472 g/mol. The second-order valence-corrected chi connectivity index (χ2v) is 11.5. The number of aromatic nitrogens is 1. The molecule has 190 valence electrons. The first-order valence-corrected chi connectivity index (χ1v) is 14.1. The molecule has 8 heteroatoms. The Bertz CT molecular complexity index is 1210. The molecule has 0 amide bonds. The van der Waals surface area contributed by atoms with Gasteiger partial charge in [-0.05, 0) is 54.3 Å². The average Bonchev–Trinajstić information content (AvgIpc) is 2.91. The van der Waals surface area contributed by atoms with E-state index in [1.165, 1.54) is 11.1 Å². The topological polar surface area (TPSA) is 66.0 Å². The zero-order chi connectivity index (χ0) is 24.8. The molecule has 7 nitrogen and oxygen atoms in total. The van der Waals surface area contributed by atoms with Crippen molar-refractivity contribution in [3.05, 3.63) is 90.3 Å². The molecule has 2 aromatic carbocycles. The second kappa shape index (κ2) is 11.5. The molecule has 0 aliphatic carbocycles. The number of pyridine rings is 1. The fourth-order valence-electron chi connectivity index (χ4n) is 4.96. The van der Waals surface area contributed by atoms with E-state index in [0.717, 1.165) is 45.0 Å². The summed E-state index contributed by atoms with van der Waals surface area (Å²) < 4.78 is 33.6. The average molecular weight is 507 g/mol. The molecule has 0 atom stereocenters. The smallest absolute Gasteiger partial charge is 0.243 e. The van der Waals surface area contributed by atoms with Crippen molar-refractivity contribution in [2.24, 2.45) is 0 Å². The van der Waals surface area contributed by atoms with E-state index in [-0.39, 0.29) is 6.10 Å². The van der Waals surface area contributed by atoms with Crippen molar-refractivity contribution in [3.63, 3.8) is 0 Å². The van der Waals surface area contributed by atoms with E-state index in [1.54, 1.807) is 28.6 Å². The van der Waals surface area contributed by atoms with Gasteiger partial charge in [0.05, 0.1) is 4.90 Å². The lowest BCUT2D eigenvalue weighted by Crippen LogP contribution is -2.45. The molecule has 2 aliphatic rings. The number of sulfonamides is 1. The lowest BCUT2D eigenvalue weighted by atomic mass is 10.1. The molecule has 0 radical (unpaired) electrons. The van der Waals surface area contributed by atoms with E-state index in [9.17, 15) is 8.42 Å². The van der Waals surface area contributed by atoms with E-state index in [2.05, 4.69) is 39.0 Å². The lowest BCUT2D eigenvalue weighted by molar-refractivity contribution is 0.121. The molecule has 5 rings (SSSR count). The van der Waals surface area contributed by atoms with Gasteiger partial charge in [-0.2, -0.15) is 4.31 Å². The van der Waals surface area contributed by atoms with Crippen LogP contribution in [0.3, 0.4) is 0 Å². The molecular formula is C28H34N4O3S. The van der Waals surface area contributed by atoms with Crippen molar-refractivity contribution in [2.45, 2.75) is 36.9 Å². The SMILES string of the molecule is O=S(=O)(c1ccccc1)N1CCC(Oc2cccc(CN3CCN(Cc4cccnc4)CC3)c2)CC1. The van der Waals surface area contributed by atoms with E-state index in [4.69, 9.17) is 4.74 Å². The zero-order valence-corrected chi connectivity index (χ0v) is 21.4. The molecule has 2 fully saturated rings. The van der Waals surface area contributed by atoms with Crippen LogP contribution in [0.15, 0.2) is 84.0 Å². The van der Waals surface area contributed by atoms with Crippen LogP contribution in [0, 0.1) is 0 Å². The number of ether oxygens (including phenoxy) is 1. The molecule has 36 heavy (non-hydrogen) atoms. The van der Waals surface area contributed by atoms with Crippen LogP contribution in [0.1, 0.15) is 24.0 Å². The minimum Gasteiger partial charge on any atom is -0.490 e. The van der Waals surface area contributed by atoms with Gasteiger partial charge in [0.25, 0.3) is 0 Å². The van der Waals surface area contributed by atoms with Crippen molar-refractivity contribution < 1.29 is 13.2 Å². The third-order valence-corrected chi connectivity index (χ3v) is 8.90. The van der Waals surface area contributed by atoms with Crippen molar-refractivity contribution in [1.29, 1.82) is 0 Å². The fraction of sp³-hybridized carbons (Fsp3) is 0.393. The van der Waals surface area contributed by atoms with Crippen LogP contribution >= 0.6 is 0 Å². The standard InChI is InChI=1S/C28H34N4O3S/c33-36(34,28-9-2-1-3-10-28)32-14-11-26(12-15-32)35-27-8-4-6-24(20-27)22-30-16-18-31(19-17-30)23-25-7-5-13-29-21-25/h1-10,13,20-21,26H,11-12,14-19,22-23H2. The van der Waals surface area contributed by atoms with Crippen molar-refractivity contribution >= 4 is 10.0 Å². The van der Waals surface area contributed by atoms with Crippen molar-refractivity contribution in [1.82, 2.24) is 19.1 Å². The van der Waals surface area contributed by atoms with Gasteiger partial charge < -0.3 is 4.74 Å². The highest BCUT2D eigenvalue weighted by atomic mass is 32.2. The molecule has 0 saturated carbocycles. The zero-order valence-electron chi connectivity index (χ0n) is 20.6. The molecule has 3 aromatic rings. The predicted octanol–water partition coefficient (Wildman–Crippen LogP) is 3.63. The van der Waals surface area contributed by atoms with Crippen molar-refractivity contribution in [3.8, 4) is 5.75 Å². The van der Waals surface area contributed by atoms with Crippen LogP contribution < -0.4 is 4.74 Å². The van der Waals surface area contributed by atoms with Crippen LogP contribution in [0.4, 0.5) is 0 Å². The first-order chi connectivity index (χ1) is 17.6. The van der Waals surface area contributed by atoms with Gasteiger partial charge in [0.15, 0.2) is 0 Å². The Morgan fingerprint density at radius 3 is 2.11 bits per heavy atom. The minimum atomic E-state index is -3.44. The number of hydrogen-bond acceptors (Lipinski definition) is 6. The van der Waals surface area contributed by atoms with E-state index < -0.39 is 10.0 Å². The van der Waals surface area contributed by atoms with E-state index in [1.807, 2.05) is 30.6 Å². The largest absolute Gasteiger partial charge is 0.490 e. The third-order valence-electron chi connectivity index (χ3n) is 6.98. The first kappa shape index (κ1) is 24.9. The van der Waals surface area contributed by atoms with E-state index >= 15 is 0 Å². The summed E-state index contributed by atoms with van der Waals surface area (Å²) in [6, 6.07) is 21.1. The van der Waals surface area contributed by atoms with Crippen LogP contribution in [-0.2, 0) is 23.1 Å². The monoisotopic (exact) mass is 506 g/mol. The number of benzene rings is 2. The lowest BCUT2D eigenvalue weighted by Gasteiger charge is -2.34. The Morgan fingerprint density at radius 1 is 0.778 bits per heavy atom. The minimum absolute atomic E-state index is 0.0264. The summed E-state index contributed by atoms with van der Waals surface area (Å²) >= 11 is 0. The predicted molar refractivity (Wildman–Crippen MR) is 140 cm³/mol. The maximum atomic E-state index is 12.9. The molecule has 2 saturated heterocycles. The van der Waals surface area contributed by atoms with Crippen molar-refractivity contribution in [2.75, 3.05) is 39.3 Å². The van der Waals surface area contributed by atoms with Crippen LogP contribution in [0.2, 0.25) is 0 Å².